The molecule has 1 aromatic heterocycles. The molecule has 2 nitrogen and oxygen atoms in total. The summed E-state index contributed by atoms with van der Waals surface area (Å²) in [7, 11) is 1.03. The fourth-order valence-electron chi connectivity index (χ4n) is 1.62. The van der Waals surface area contributed by atoms with Gasteiger partial charge in [0.1, 0.15) is 0 Å². The van der Waals surface area contributed by atoms with Crippen LogP contribution in [0.25, 0.3) is 11.0 Å². The summed E-state index contributed by atoms with van der Waals surface area (Å²) in [4.78, 5) is 3.28. The van der Waals surface area contributed by atoms with Crippen LogP contribution in [0.1, 0.15) is 11.4 Å². The van der Waals surface area contributed by atoms with Crippen molar-refractivity contribution in [1.82, 2.24) is 9.55 Å². The minimum absolute atomic E-state index is 0.127. The van der Waals surface area contributed by atoms with Crippen LogP contribution in [0.2, 0.25) is 0 Å². The second-order valence-corrected chi connectivity index (χ2v) is 3.69. The molecule has 18 heavy (non-hydrogen) atoms. The lowest BCUT2D eigenvalue weighted by molar-refractivity contribution is -0.146. The fraction of sp³-hybridized carbons (Fsp3) is 0.300. The largest absolute Gasteiger partial charge is 0.449 e. The number of hydrogen-bond donors (Lipinski definition) is 0. The van der Waals surface area contributed by atoms with Crippen LogP contribution in [0.4, 0.5) is 26.3 Å². The Balaban J connectivity index is 2.68. The van der Waals surface area contributed by atoms with Gasteiger partial charge in [0.2, 0.25) is 5.82 Å². The van der Waals surface area contributed by atoms with Crippen LogP contribution in [0.15, 0.2) is 18.2 Å². The van der Waals surface area contributed by atoms with E-state index in [1.165, 1.54) is 0 Å². The SMILES string of the molecule is Cn1c(C(F)(F)F)nc2ccc(C(F)(F)F)cc21. The van der Waals surface area contributed by atoms with Gasteiger partial charge in [-0.15, -0.1) is 0 Å². The van der Waals surface area contributed by atoms with E-state index in [-0.39, 0.29) is 11.0 Å². The number of aryl methyl sites for hydroxylation is 1. The first-order chi connectivity index (χ1) is 8.10. The lowest BCUT2D eigenvalue weighted by Crippen LogP contribution is -2.12. The Morgan fingerprint density at radius 2 is 1.61 bits per heavy atom. The molecule has 0 aliphatic heterocycles. The van der Waals surface area contributed by atoms with Crippen LogP contribution < -0.4 is 0 Å². The first-order valence-corrected chi connectivity index (χ1v) is 4.71. The topological polar surface area (TPSA) is 17.8 Å². The summed E-state index contributed by atoms with van der Waals surface area (Å²) < 4.78 is 75.5. The molecule has 0 atom stereocenters. The van der Waals surface area contributed by atoms with E-state index in [0.29, 0.717) is 16.7 Å². The first-order valence-electron chi connectivity index (χ1n) is 4.71. The third-order valence-electron chi connectivity index (χ3n) is 2.46. The number of nitrogens with zero attached hydrogens (tertiary/aromatic N) is 2. The number of imidazole rings is 1. The van der Waals surface area contributed by atoms with Crippen LogP contribution in [-0.2, 0) is 19.4 Å². The Kier molecular flexibility index (Phi) is 2.56. The van der Waals surface area contributed by atoms with Crippen LogP contribution in [-0.4, -0.2) is 9.55 Å². The highest BCUT2D eigenvalue weighted by atomic mass is 19.4. The molecule has 0 aliphatic carbocycles. The lowest BCUT2D eigenvalue weighted by atomic mass is 10.2. The van der Waals surface area contributed by atoms with Gasteiger partial charge in [0.15, 0.2) is 0 Å². The fourth-order valence-corrected chi connectivity index (χ4v) is 1.62. The van der Waals surface area contributed by atoms with E-state index in [1.807, 2.05) is 0 Å². The molecule has 0 saturated heterocycles. The van der Waals surface area contributed by atoms with Crippen molar-refractivity contribution in [2.24, 2.45) is 7.05 Å². The van der Waals surface area contributed by atoms with Gasteiger partial charge in [-0.25, -0.2) is 4.98 Å². The molecule has 2 rings (SSSR count). The summed E-state index contributed by atoms with van der Waals surface area (Å²) >= 11 is 0. The second-order valence-electron chi connectivity index (χ2n) is 3.69. The number of fused-ring (bicyclic) bond motifs is 1. The molecule has 0 aliphatic rings. The maximum absolute atomic E-state index is 12.5. The molecule has 0 radical (unpaired) electrons. The van der Waals surface area contributed by atoms with Crippen LogP contribution in [0.3, 0.4) is 0 Å². The van der Waals surface area contributed by atoms with Crippen LogP contribution in [0, 0.1) is 0 Å². The predicted molar refractivity (Wildman–Crippen MR) is 50.7 cm³/mol. The summed E-state index contributed by atoms with van der Waals surface area (Å²) in [5.41, 5.74) is -1.35. The predicted octanol–water partition coefficient (Wildman–Crippen LogP) is 3.61. The van der Waals surface area contributed by atoms with Gasteiger partial charge in [0.25, 0.3) is 0 Å². The van der Waals surface area contributed by atoms with Gasteiger partial charge in [-0.3, -0.25) is 0 Å². The maximum Gasteiger partial charge on any atom is 0.449 e. The van der Waals surface area contributed by atoms with E-state index in [1.54, 1.807) is 0 Å². The van der Waals surface area contributed by atoms with Crippen molar-refractivity contribution in [3.05, 3.63) is 29.6 Å². The van der Waals surface area contributed by atoms with Crippen molar-refractivity contribution in [2.75, 3.05) is 0 Å². The van der Waals surface area contributed by atoms with Gasteiger partial charge < -0.3 is 4.57 Å². The van der Waals surface area contributed by atoms with Crippen molar-refractivity contribution in [3.63, 3.8) is 0 Å². The normalized spacial score (nSPS) is 13.3. The molecule has 0 fully saturated rings. The number of hydrogen-bond acceptors (Lipinski definition) is 1. The van der Waals surface area contributed by atoms with E-state index >= 15 is 0 Å². The molecule has 1 aromatic carbocycles. The van der Waals surface area contributed by atoms with E-state index in [9.17, 15) is 26.3 Å². The second kappa shape index (κ2) is 3.63. The Bertz CT molecular complexity index is 593. The molecule has 0 saturated carbocycles. The van der Waals surface area contributed by atoms with Crippen molar-refractivity contribution in [2.45, 2.75) is 12.4 Å². The molecule has 0 bridgehead atoms. The summed E-state index contributed by atoms with van der Waals surface area (Å²) in [6.07, 6.45) is -9.30. The smallest absolute Gasteiger partial charge is 0.323 e. The third-order valence-corrected chi connectivity index (χ3v) is 2.46. The number of alkyl halides is 6. The van der Waals surface area contributed by atoms with Gasteiger partial charge in [0.05, 0.1) is 16.6 Å². The van der Waals surface area contributed by atoms with Crippen molar-refractivity contribution >= 4 is 11.0 Å². The summed E-state index contributed by atoms with van der Waals surface area (Å²) in [5.74, 6) is -1.23. The molecule has 8 heteroatoms. The van der Waals surface area contributed by atoms with Crippen molar-refractivity contribution < 1.29 is 26.3 Å². The number of benzene rings is 1. The van der Waals surface area contributed by atoms with Gasteiger partial charge in [0, 0.05) is 7.05 Å². The molecule has 0 N–H and O–H groups in total. The van der Waals surface area contributed by atoms with Gasteiger partial charge in [-0.2, -0.15) is 26.3 Å². The van der Waals surface area contributed by atoms with Crippen LogP contribution in [0.5, 0.6) is 0 Å². The minimum atomic E-state index is -4.70. The molecule has 98 valence electrons. The van der Waals surface area contributed by atoms with Gasteiger partial charge in [-0.1, -0.05) is 0 Å². The monoisotopic (exact) mass is 268 g/mol. The first kappa shape index (κ1) is 12.7. The zero-order chi connectivity index (χ0) is 13.7. The summed E-state index contributed by atoms with van der Waals surface area (Å²) in [6, 6.07) is 2.28. The number of aromatic nitrogens is 2. The molecular weight excluding hydrogens is 262 g/mol. The van der Waals surface area contributed by atoms with Crippen molar-refractivity contribution in [3.8, 4) is 0 Å². The minimum Gasteiger partial charge on any atom is -0.323 e. The average Bonchev–Trinajstić information content (AvgIpc) is 2.54. The van der Waals surface area contributed by atoms with Crippen molar-refractivity contribution in [1.29, 1.82) is 0 Å². The molecule has 0 spiro atoms. The number of halogens is 6. The lowest BCUT2D eigenvalue weighted by Gasteiger charge is -2.07. The average molecular weight is 268 g/mol. The zero-order valence-corrected chi connectivity index (χ0v) is 8.89. The van der Waals surface area contributed by atoms with Crippen LogP contribution >= 0.6 is 0 Å². The summed E-state index contributed by atoms with van der Waals surface area (Å²) in [5, 5.41) is 0. The Labute approximate surface area is 96.8 Å². The zero-order valence-electron chi connectivity index (χ0n) is 8.89. The molecular formula is C10H6F6N2. The molecule has 0 unspecified atom stereocenters. The molecule has 0 amide bonds. The standard InChI is InChI=1S/C10H6F6N2/c1-18-7-4-5(9(11,12)13)2-3-6(7)17-8(18)10(14,15)16/h2-4H,1H3. The Hall–Kier alpha value is -1.73. The molecule has 1 heterocycles. The Morgan fingerprint density at radius 3 is 2.11 bits per heavy atom. The van der Waals surface area contributed by atoms with E-state index in [2.05, 4.69) is 4.98 Å². The summed E-state index contributed by atoms with van der Waals surface area (Å²) in [6.45, 7) is 0. The molecule has 2 aromatic rings. The quantitative estimate of drug-likeness (QED) is 0.667. The third kappa shape index (κ3) is 2.02. The van der Waals surface area contributed by atoms with E-state index < -0.39 is 23.7 Å². The highest BCUT2D eigenvalue weighted by Crippen LogP contribution is 2.34. The maximum atomic E-state index is 12.5. The van der Waals surface area contributed by atoms with Gasteiger partial charge >= 0.3 is 12.4 Å². The highest BCUT2D eigenvalue weighted by Gasteiger charge is 2.37. The van der Waals surface area contributed by atoms with E-state index in [4.69, 9.17) is 0 Å². The number of rotatable bonds is 0. The highest BCUT2D eigenvalue weighted by molar-refractivity contribution is 5.77. The Morgan fingerprint density at radius 1 is 1.00 bits per heavy atom. The van der Waals surface area contributed by atoms with Gasteiger partial charge in [-0.05, 0) is 18.2 Å². The van der Waals surface area contributed by atoms with E-state index in [0.717, 1.165) is 13.1 Å².